The summed E-state index contributed by atoms with van der Waals surface area (Å²) in [6.07, 6.45) is 0. The quantitative estimate of drug-likeness (QED) is 0.293. The zero-order chi connectivity index (χ0) is 21.8. The maximum absolute atomic E-state index is 12.4. The van der Waals surface area contributed by atoms with Crippen LogP contribution in [0.1, 0.15) is 0 Å². The van der Waals surface area contributed by atoms with Crippen LogP contribution in [0.15, 0.2) is 81.5 Å². The average molecular weight is 460 g/mol. The fourth-order valence-electron chi connectivity index (χ4n) is 2.27. The van der Waals surface area contributed by atoms with Gasteiger partial charge in [0.1, 0.15) is 23.0 Å². The van der Waals surface area contributed by atoms with Crippen molar-refractivity contribution in [2.24, 2.45) is 8.73 Å². The van der Waals surface area contributed by atoms with Crippen LogP contribution in [-0.4, -0.2) is 8.42 Å². The van der Waals surface area contributed by atoms with Gasteiger partial charge >= 0.3 is 21.0 Å². The number of halogens is 4. The fraction of sp³-hybridized carbons (Fsp3) is 0. The number of rotatable bonds is 6. The van der Waals surface area contributed by atoms with Crippen molar-refractivity contribution in [3.8, 4) is 23.0 Å². The van der Waals surface area contributed by atoms with Crippen molar-refractivity contribution in [1.29, 1.82) is 0 Å². The normalized spacial score (nSPS) is 11.6. The summed E-state index contributed by atoms with van der Waals surface area (Å²) in [7, 11) is -10.5. The molecule has 0 amide bonds. The molecule has 0 saturated carbocycles. The molecule has 0 radical (unpaired) electrons. The molecule has 0 atom stereocenters. The third kappa shape index (κ3) is 7.04. The summed E-state index contributed by atoms with van der Waals surface area (Å²) in [5.74, 6) is 1.39. The molecule has 0 unspecified atom stereocenters. The van der Waals surface area contributed by atoms with Gasteiger partial charge in [0.15, 0.2) is 0 Å². The zero-order valence-electron chi connectivity index (χ0n) is 14.8. The Kier molecular flexibility index (Phi) is 6.27. The summed E-state index contributed by atoms with van der Waals surface area (Å²) in [5, 5.41) is 0. The van der Waals surface area contributed by atoms with Crippen LogP contribution in [0.5, 0.6) is 23.0 Å². The molecule has 3 aromatic rings. The van der Waals surface area contributed by atoms with E-state index in [1.165, 1.54) is 48.5 Å². The number of benzene rings is 3. The lowest BCUT2D eigenvalue weighted by atomic mass is 10.3. The Morgan fingerprint density at radius 3 is 1.27 bits per heavy atom. The van der Waals surface area contributed by atoms with E-state index in [2.05, 4.69) is 8.73 Å². The van der Waals surface area contributed by atoms with Crippen LogP contribution in [-0.2, 0) is 21.0 Å². The predicted octanol–water partition coefficient (Wildman–Crippen LogP) is 7.01. The lowest BCUT2D eigenvalue weighted by Crippen LogP contribution is -1.87. The topological polar surface area (TPSA) is 77.3 Å². The number of nitrogens with zero attached hydrogens (tertiary/aromatic N) is 2. The van der Waals surface area contributed by atoms with Crippen LogP contribution in [0.25, 0.3) is 0 Å². The van der Waals surface area contributed by atoms with Gasteiger partial charge in [-0.2, -0.15) is 8.42 Å². The van der Waals surface area contributed by atoms with Gasteiger partial charge in [0.25, 0.3) is 0 Å². The molecular weight excluding hydrogens is 448 g/mol. The first kappa shape index (κ1) is 21.6. The molecule has 0 N–H and O–H groups in total. The molecule has 6 nitrogen and oxygen atoms in total. The van der Waals surface area contributed by atoms with E-state index in [-0.39, 0.29) is 11.4 Å². The van der Waals surface area contributed by atoms with E-state index >= 15 is 0 Å². The molecule has 3 aromatic carbocycles. The van der Waals surface area contributed by atoms with Gasteiger partial charge in [-0.05, 0) is 60.7 Å². The highest BCUT2D eigenvalue weighted by atomic mass is 32.3. The van der Waals surface area contributed by atoms with Gasteiger partial charge in [-0.15, -0.1) is 8.73 Å². The average Bonchev–Trinajstić information content (AvgIpc) is 2.63. The van der Waals surface area contributed by atoms with Gasteiger partial charge in [-0.25, -0.2) is 0 Å². The zero-order valence-corrected chi connectivity index (χ0v) is 16.4. The van der Waals surface area contributed by atoms with Gasteiger partial charge in [-0.3, -0.25) is 0 Å². The highest BCUT2D eigenvalue weighted by Gasteiger charge is 2.06. The Bertz CT molecular complexity index is 1170. The first-order valence-corrected chi connectivity index (χ1v) is 10.7. The third-order valence-electron chi connectivity index (χ3n) is 3.37. The molecular formula is C18H12F4N2O4S2. The van der Waals surface area contributed by atoms with Gasteiger partial charge in [0.05, 0.1) is 11.4 Å². The Labute approximate surface area is 170 Å². The summed E-state index contributed by atoms with van der Waals surface area (Å²) in [4.78, 5) is 0. The van der Waals surface area contributed by atoms with Crippen molar-refractivity contribution >= 4 is 32.4 Å². The van der Waals surface area contributed by atoms with Gasteiger partial charge < -0.3 is 9.47 Å². The van der Waals surface area contributed by atoms with Crippen molar-refractivity contribution in [2.45, 2.75) is 0 Å². The molecule has 0 aromatic heterocycles. The molecule has 12 heteroatoms. The smallest absolute Gasteiger partial charge is 0.371 e. The Balaban J connectivity index is 1.71. The molecule has 0 aliphatic rings. The lowest BCUT2D eigenvalue weighted by molar-refractivity contribution is 0.460. The highest BCUT2D eigenvalue weighted by Crippen LogP contribution is 2.30. The van der Waals surface area contributed by atoms with Crippen LogP contribution in [0.2, 0.25) is 0 Å². The standard InChI is InChI=1S/C18H12F4N2O4S2/c19-29(20,25)23-13-4-8-15(9-5-13)27-17-2-1-3-18(12-17)28-16-10-6-14(7-11-16)24-30(21,22)26/h1-12H. The molecule has 3 rings (SSSR count). The second-order valence-electron chi connectivity index (χ2n) is 5.64. The Morgan fingerprint density at radius 2 is 0.933 bits per heavy atom. The molecule has 158 valence electrons. The highest BCUT2D eigenvalue weighted by molar-refractivity contribution is 7.83. The molecule has 0 spiro atoms. The minimum absolute atomic E-state index is 0.152. The first-order valence-electron chi connectivity index (χ1n) is 8.04. The van der Waals surface area contributed by atoms with Crippen molar-refractivity contribution in [1.82, 2.24) is 0 Å². The van der Waals surface area contributed by atoms with E-state index in [1.54, 1.807) is 24.3 Å². The van der Waals surface area contributed by atoms with E-state index in [0.29, 0.717) is 23.0 Å². The van der Waals surface area contributed by atoms with Gasteiger partial charge in [0, 0.05) is 6.07 Å². The van der Waals surface area contributed by atoms with E-state index < -0.39 is 21.0 Å². The Hall–Kier alpha value is -3.12. The van der Waals surface area contributed by atoms with Crippen molar-refractivity contribution in [3.63, 3.8) is 0 Å². The molecule has 0 fully saturated rings. The third-order valence-corrected chi connectivity index (χ3v) is 4.22. The molecule has 0 bridgehead atoms. The minimum Gasteiger partial charge on any atom is -0.457 e. The van der Waals surface area contributed by atoms with Gasteiger partial charge in [-0.1, -0.05) is 21.6 Å². The maximum Gasteiger partial charge on any atom is 0.371 e. The second kappa shape index (κ2) is 8.71. The van der Waals surface area contributed by atoms with Crippen LogP contribution >= 0.6 is 0 Å². The molecule has 0 aliphatic heterocycles. The summed E-state index contributed by atoms with van der Waals surface area (Å²) in [6, 6.07) is 16.9. The first-order chi connectivity index (χ1) is 14.1. The lowest BCUT2D eigenvalue weighted by Gasteiger charge is -2.09. The maximum atomic E-state index is 12.4. The molecule has 0 heterocycles. The largest absolute Gasteiger partial charge is 0.457 e. The SMILES string of the molecule is O=S(F)(F)=Nc1ccc(Oc2cccc(Oc3ccc(N=S(=O)(F)F)cc3)c2)cc1. The van der Waals surface area contributed by atoms with Crippen molar-refractivity contribution in [3.05, 3.63) is 72.8 Å². The summed E-state index contributed by atoms with van der Waals surface area (Å²) in [6.45, 7) is 0. The van der Waals surface area contributed by atoms with Crippen LogP contribution in [0.4, 0.5) is 26.9 Å². The van der Waals surface area contributed by atoms with Crippen molar-refractivity contribution in [2.75, 3.05) is 0 Å². The van der Waals surface area contributed by atoms with E-state index in [0.717, 1.165) is 0 Å². The van der Waals surface area contributed by atoms with Crippen molar-refractivity contribution < 1.29 is 33.4 Å². The second-order valence-corrected chi connectivity index (χ2v) is 7.60. The number of ether oxygens (including phenoxy) is 2. The fourth-order valence-corrected chi connectivity index (χ4v) is 3.00. The predicted molar refractivity (Wildman–Crippen MR) is 104 cm³/mol. The molecule has 0 saturated heterocycles. The van der Waals surface area contributed by atoms with E-state index in [1.807, 2.05) is 0 Å². The number of hydrogen-bond acceptors (Lipinski definition) is 6. The number of hydrogen-bond donors (Lipinski definition) is 0. The molecule has 0 aliphatic carbocycles. The summed E-state index contributed by atoms with van der Waals surface area (Å²) < 4.78 is 87.3. The van der Waals surface area contributed by atoms with E-state index in [4.69, 9.17) is 9.47 Å². The van der Waals surface area contributed by atoms with Gasteiger partial charge in [0.2, 0.25) is 0 Å². The molecule has 30 heavy (non-hydrogen) atoms. The van der Waals surface area contributed by atoms with Crippen LogP contribution in [0.3, 0.4) is 0 Å². The van der Waals surface area contributed by atoms with Crippen LogP contribution in [0, 0.1) is 0 Å². The van der Waals surface area contributed by atoms with Crippen LogP contribution < -0.4 is 9.47 Å². The summed E-state index contributed by atoms with van der Waals surface area (Å²) in [5.41, 5.74) is -0.304. The van der Waals surface area contributed by atoms with E-state index in [9.17, 15) is 24.0 Å². The summed E-state index contributed by atoms with van der Waals surface area (Å²) >= 11 is 0. The minimum atomic E-state index is -5.24. The monoisotopic (exact) mass is 460 g/mol. The Morgan fingerprint density at radius 1 is 0.567 bits per heavy atom.